The van der Waals surface area contributed by atoms with Gasteiger partial charge in [-0.2, -0.15) is 0 Å². The zero-order chi connectivity index (χ0) is 30.1. The molecule has 0 bridgehead atoms. The molecule has 1 heterocycles. The summed E-state index contributed by atoms with van der Waals surface area (Å²) in [5.74, 6) is -0.764. The second-order valence-electron chi connectivity index (χ2n) is 9.94. The molecule has 4 rings (SSSR count). The van der Waals surface area contributed by atoms with Gasteiger partial charge in [0.15, 0.2) is 11.5 Å². The summed E-state index contributed by atoms with van der Waals surface area (Å²) in [6, 6.07) is 17.7. The van der Waals surface area contributed by atoms with Crippen LogP contribution in [0.15, 0.2) is 77.7 Å². The van der Waals surface area contributed by atoms with Gasteiger partial charge in [-0.05, 0) is 61.7 Å². The number of carbonyl (C=O) groups is 2. The standard InChI is InChI=1S/C31H36FN3O6S/c1-3-4-17-33-31(37)23(2)34(18-16-24-8-6-5-7-9-24)30(36)22-35(26-12-10-25(32)11-13-26)42(38,39)27-14-15-28-29(21-27)41-20-19-40-28/h5-15,21,23H,3-4,16-20,22H2,1-2H3,(H,33,37)/t23-/m0/s1. The number of anilines is 1. The van der Waals surface area contributed by atoms with Gasteiger partial charge in [-0.25, -0.2) is 12.8 Å². The van der Waals surface area contributed by atoms with Gasteiger partial charge in [0.1, 0.15) is 31.6 Å². The predicted octanol–water partition coefficient (Wildman–Crippen LogP) is 4.17. The lowest BCUT2D eigenvalue weighted by Gasteiger charge is -2.32. The number of hydrogen-bond donors (Lipinski definition) is 1. The summed E-state index contributed by atoms with van der Waals surface area (Å²) in [4.78, 5) is 28.2. The summed E-state index contributed by atoms with van der Waals surface area (Å²) in [6.07, 6.45) is 2.16. The molecule has 1 aliphatic rings. The fourth-order valence-electron chi connectivity index (χ4n) is 4.55. The Kier molecular flexibility index (Phi) is 10.4. The van der Waals surface area contributed by atoms with Crippen molar-refractivity contribution in [1.82, 2.24) is 10.2 Å². The van der Waals surface area contributed by atoms with Crippen LogP contribution in [-0.4, -0.2) is 64.0 Å². The number of amides is 2. The van der Waals surface area contributed by atoms with Crippen molar-refractivity contribution in [3.8, 4) is 11.5 Å². The maximum absolute atomic E-state index is 14.0. The topological polar surface area (TPSA) is 105 Å². The largest absolute Gasteiger partial charge is 0.486 e. The van der Waals surface area contributed by atoms with E-state index in [0.717, 1.165) is 34.8 Å². The number of nitrogens with one attached hydrogen (secondary N) is 1. The highest BCUT2D eigenvalue weighted by molar-refractivity contribution is 7.92. The third kappa shape index (κ3) is 7.58. The van der Waals surface area contributed by atoms with Crippen molar-refractivity contribution in [2.45, 2.75) is 44.0 Å². The van der Waals surface area contributed by atoms with Gasteiger partial charge in [-0.15, -0.1) is 0 Å². The number of halogens is 1. The number of sulfonamides is 1. The van der Waals surface area contributed by atoms with E-state index in [-0.39, 0.29) is 35.4 Å². The molecule has 1 aliphatic heterocycles. The van der Waals surface area contributed by atoms with Crippen molar-refractivity contribution in [2.24, 2.45) is 0 Å². The molecule has 224 valence electrons. The number of benzene rings is 3. The van der Waals surface area contributed by atoms with E-state index in [9.17, 15) is 22.4 Å². The first kappa shape index (κ1) is 30.8. The summed E-state index contributed by atoms with van der Waals surface area (Å²) >= 11 is 0. The second kappa shape index (κ2) is 14.2. The van der Waals surface area contributed by atoms with Crippen LogP contribution >= 0.6 is 0 Å². The summed E-state index contributed by atoms with van der Waals surface area (Å²) in [5.41, 5.74) is 1.07. The minimum atomic E-state index is -4.33. The number of unbranched alkanes of at least 4 members (excludes halogenated alkanes) is 1. The van der Waals surface area contributed by atoms with Crippen molar-refractivity contribution in [3.05, 3.63) is 84.2 Å². The molecule has 11 heteroatoms. The van der Waals surface area contributed by atoms with E-state index in [2.05, 4.69) is 5.32 Å². The zero-order valence-corrected chi connectivity index (χ0v) is 24.6. The number of hydrogen-bond acceptors (Lipinski definition) is 6. The monoisotopic (exact) mass is 597 g/mol. The first-order valence-electron chi connectivity index (χ1n) is 14.0. The SMILES string of the molecule is CCCCNC(=O)[C@H](C)N(CCc1ccccc1)C(=O)CN(c1ccc(F)cc1)S(=O)(=O)c1ccc2c(c1)OCCO2. The first-order chi connectivity index (χ1) is 20.2. The van der Waals surface area contributed by atoms with Gasteiger partial charge in [0.05, 0.1) is 10.6 Å². The van der Waals surface area contributed by atoms with Crippen LogP contribution in [0.1, 0.15) is 32.3 Å². The van der Waals surface area contributed by atoms with Crippen LogP contribution in [0.3, 0.4) is 0 Å². The van der Waals surface area contributed by atoms with E-state index in [1.165, 1.54) is 35.2 Å². The van der Waals surface area contributed by atoms with Crippen molar-refractivity contribution in [1.29, 1.82) is 0 Å². The Balaban J connectivity index is 1.66. The van der Waals surface area contributed by atoms with Crippen LogP contribution in [0.25, 0.3) is 0 Å². The summed E-state index contributed by atoms with van der Waals surface area (Å²) in [6.45, 7) is 4.31. The van der Waals surface area contributed by atoms with E-state index < -0.39 is 34.3 Å². The number of carbonyl (C=O) groups excluding carboxylic acids is 2. The van der Waals surface area contributed by atoms with E-state index in [4.69, 9.17) is 9.47 Å². The summed E-state index contributed by atoms with van der Waals surface area (Å²) in [5, 5.41) is 2.86. The Bertz CT molecular complexity index is 1470. The van der Waals surface area contributed by atoms with Gasteiger partial charge in [-0.3, -0.25) is 13.9 Å². The molecule has 0 unspecified atom stereocenters. The fourth-order valence-corrected chi connectivity index (χ4v) is 5.98. The molecule has 0 spiro atoms. The molecular weight excluding hydrogens is 561 g/mol. The number of fused-ring (bicyclic) bond motifs is 1. The number of ether oxygens (including phenoxy) is 2. The Morgan fingerprint density at radius 2 is 1.67 bits per heavy atom. The molecule has 3 aromatic carbocycles. The molecule has 1 atom stereocenters. The van der Waals surface area contributed by atoms with Gasteiger partial charge < -0.3 is 19.7 Å². The normalized spacial score (nSPS) is 13.2. The predicted molar refractivity (Wildman–Crippen MR) is 158 cm³/mol. The van der Waals surface area contributed by atoms with E-state index in [1.807, 2.05) is 37.3 Å². The van der Waals surface area contributed by atoms with Crippen molar-refractivity contribution < 1.29 is 31.9 Å². The molecule has 9 nitrogen and oxygen atoms in total. The van der Waals surface area contributed by atoms with Crippen molar-refractivity contribution in [3.63, 3.8) is 0 Å². The van der Waals surface area contributed by atoms with Crippen LogP contribution in [0.4, 0.5) is 10.1 Å². The average Bonchev–Trinajstić information content (AvgIpc) is 3.00. The molecule has 2 amide bonds. The van der Waals surface area contributed by atoms with Gasteiger partial charge in [0.2, 0.25) is 11.8 Å². The van der Waals surface area contributed by atoms with Gasteiger partial charge in [-0.1, -0.05) is 43.7 Å². The lowest BCUT2D eigenvalue weighted by Crippen LogP contribution is -2.52. The molecule has 42 heavy (non-hydrogen) atoms. The zero-order valence-electron chi connectivity index (χ0n) is 23.8. The van der Waals surface area contributed by atoms with Crippen LogP contribution in [0, 0.1) is 5.82 Å². The van der Waals surface area contributed by atoms with Crippen LogP contribution in [-0.2, 0) is 26.0 Å². The van der Waals surface area contributed by atoms with E-state index >= 15 is 0 Å². The van der Waals surface area contributed by atoms with E-state index in [0.29, 0.717) is 25.3 Å². The lowest BCUT2D eigenvalue weighted by molar-refractivity contribution is -0.138. The number of nitrogens with zero attached hydrogens (tertiary/aromatic N) is 2. The minimum absolute atomic E-state index is 0.0997. The van der Waals surface area contributed by atoms with Crippen LogP contribution in [0.5, 0.6) is 11.5 Å². The molecule has 0 fully saturated rings. The highest BCUT2D eigenvalue weighted by Gasteiger charge is 2.33. The molecule has 0 saturated heterocycles. The molecule has 1 N–H and O–H groups in total. The van der Waals surface area contributed by atoms with Crippen LogP contribution in [0.2, 0.25) is 0 Å². The molecule has 0 aromatic heterocycles. The van der Waals surface area contributed by atoms with E-state index in [1.54, 1.807) is 6.92 Å². The Morgan fingerprint density at radius 3 is 2.36 bits per heavy atom. The minimum Gasteiger partial charge on any atom is -0.486 e. The second-order valence-corrected chi connectivity index (χ2v) is 11.8. The maximum Gasteiger partial charge on any atom is 0.264 e. The summed E-state index contributed by atoms with van der Waals surface area (Å²) < 4.78 is 53.8. The van der Waals surface area contributed by atoms with Crippen molar-refractivity contribution >= 4 is 27.5 Å². The van der Waals surface area contributed by atoms with Crippen LogP contribution < -0.4 is 19.1 Å². The average molecular weight is 598 g/mol. The lowest BCUT2D eigenvalue weighted by atomic mass is 10.1. The highest BCUT2D eigenvalue weighted by Crippen LogP contribution is 2.34. The highest BCUT2D eigenvalue weighted by atomic mass is 32.2. The quantitative estimate of drug-likeness (QED) is 0.297. The molecule has 0 aliphatic carbocycles. The Morgan fingerprint density at radius 1 is 0.976 bits per heavy atom. The molecule has 3 aromatic rings. The molecule has 0 radical (unpaired) electrons. The van der Waals surface area contributed by atoms with Gasteiger partial charge >= 0.3 is 0 Å². The van der Waals surface area contributed by atoms with Crippen molar-refractivity contribution in [2.75, 3.05) is 37.2 Å². The van der Waals surface area contributed by atoms with Gasteiger partial charge in [0, 0.05) is 19.2 Å². The number of rotatable bonds is 13. The maximum atomic E-state index is 14.0. The molecule has 0 saturated carbocycles. The smallest absolute Gasteiger partial charge is 0.264 e. The Hall–Kier alpha value is -4.12. The summed E-state index contributed by atoms with van der Waals surface area (Å²) in [7, 11) is -4.33. The first-order valence-corrected chi connectivity index (χ1v) is 15.4. The third-order valence-electron chi connectivity index (χ3n) is 6.98. The molecular formula is C31H36FN3O6S. The third-order valence-corrected chi connectivity index (χ3v) is 8.75. The Labute approximate surface area is 246 Å². The van der Waals surface area contributed by atoms with Gasteiger partial charge in [0.25, 0.3) is 10.0 Å². The fraction of sp³-hybridized carbons (Fsp3) is 0.355.